The molecule has 1 fully saturated rings. The van der Waals surface area contributed by atoms with Gasteiger partial charge >= 0.3 is 0 Å². The average molecular weight is 237 g/mol. The van der Waals surface area contributed by atoms with E-state index in [-0.39, 0.29) is 0 Å². The molecule has 6 heteroatoms. The van der Waals surface area contributed by atoms with Gasteiger partial charge in [0, 0.05) is 26.2 Å². The van der Waals surface area contributed by atoms with E-state index in [1.54, 1.807) is 18.7 Å². The highest BCUT2D eigenvalue weighted by molar-refractivity contribution is 5.98. The summed E-state index contributed by atoms with van der Waals surface area (Å²) < 4.78 is 1.66. The van der Waals surface area contributed by atoms with Gasteiger partial charge < -0.3 is 16.4 Å². The number of rotatable bonds is 6. The number of nitrogens with one attached hydrogen (secondary N) is 2. The summed E-state index contributed by atoms with van der Waals surface area (Å²) in [6.45, 7) is 3.43. The van der Waals surface area contributed by atoms with Gasteiger partial charge in [0.2, 0.25) is 0 Å². The maximum absolute atomic E-state index is 11.3. The fourth-order valence-electron chi connectivity index (χ4n) is 1.90. The lowest BCUT2D eigenvalue weighted by Crippen LogP contribution is -2.25. The van der Waals surface area contributed by atoms with Crippen molar-refractivity contribution in [3.8, 4) is 0 Å². The third-order valence-corrected chi connectivity index (χ3v) is 2.90. The summed E-state index contributed by atoms with van der Waals surface area (Å²) in [6.07, 6.45) is 2.55. The minimum atomic E-state index is -0.437. The molecular formula is C11H19N5O. The topological polar surface area (TPSA) is 85.0 Å². The number of hydrogen-bond acceptors (Lipinski definition) is 4. The van der Waals surface area contributed by atoms with Crippen LogP contribution in [0.2, 0.25) is 0 Å². The van der Waals surface area contributed by atoms with Crippen molar-refractivity contribution in [1.29, 1.82) is 0 Å². The lowest BCUT2D eigenvalue weighted by atomic mass is 10.2. The van der Waals surface area contributed by atoms with Crippen molar-refractivity contribution in [3.63, 3.8) is 0 Å². The van der Waals surface area contributed by atoms with Gasteiger partial charge in [-0.15, -0.1) is 0 Å². The van der Waals surface area contributed by atoms with Gasteiger partial charge in [0.25, 0.3) is 5.91 Å². The van der Waals surface area contributed by atoms with Crippen LogP contribution in [0.1, 0.15) is 28.9 Å². The monoisotopic (exact) mass is 237 g/mol. The third-order valence-electron chi connectivity index (χ3n) is 2.90. The minimum Gasteiger partial charge on any atom is -0.368 e. The first kappa shape index (κ1) is 11.9. The van der Waals surface area contributed by atoms with Gasteiger partial charge in [0.05, 0.1) is 5.69 Å². The van der Waals surface area contributed by atoms with Crippen LogP contribution < -0.4 is 16.4 Å². The van der Waals surface area contributed by atoms with Crippen molar-refractivity contribution in [1.82, 2.24) is 15.1 Å². The summed E-state index contributed by atoms with van der Waals surface area (Å²) in [7, 11) is 1.80. The van der Waals surface area contributed by atoms with E-state index in [1.807, 2.05) is 0 Å². The quantitative estimate of drug-likeness (QED) is 0.608. The standard InChI is InChI=1S/C11H19N5O/c1-7-9(10(12)17)11(16(2)15-7)14-6-5-13-8-3-4-8/h8,13-14H,3-6H2,1-2H3,(H2,12,17). The van der Waals surface area contributed by atoms with E-state index in [4.69, 9.17) is 5.73 Å². The Kier molecular flexibility index (Phi) is 3.33. The molecule has 94 valence electrons. The zero-order valence-electron chi connectivity index (χ0n) is 10.3. The largest absolute Gasteiger partial charge is 0.368 e. The van der Waals surface area contributed by atoms with Crippen LogP contribution in [0.25, 0.3) is 0 Å². The Hall–Kier alpha value is -1.56. The Labute approximate surface area is 101 Å². The van der Waals surface area contributed by atoms with Crippen molar-refractivity contribution in [3.05, 3.63) is 11.3 Å². The van der Waals surface area contributed by atoms with Crippen LogP contribution in [0.15, 0.2) is 0 Å². The molecule has 4 N–H and O–H groups in total. The molecule has 0 atom stereocenters. The van der Waals surface area contributed by atoms with Crippen molar-refractivity contribution in [2.75, 3.05) is 18.4 Å². The van der Waals surface area contributed by atoms with Crippen LogP contribution in [-0.4, -0.2) is 34.8 Å². The molecule has 1 aromatic rings. The number of primary amides is 1. The normalized spacial score (nSPS) is 14.9. The highest BCUT2D eigenvalue weighted by atomic mass is 16.1. The molecule has 0 spiro atoms. The highest BCUT2D eigenvalue weighted by Crippen LogP contribution is 2.19. The SMILES string of the molecule is Cc1nn(C)c(NCCNC2CC2)c1C(N)=O. The number of amides is 1. The summed E-state index contributed by atoms with van der Waals surface area (Å²) in [5.74, 6) is 0.265. The fourth-order valence-corrected chi connectivity index (χ4v) is 1.90. The van der Waals surface area contributed by atoms with Crippen molar-refractivity contribution < 1.29 is 4.79 Å². The second-order valence-electron chi connectivity index (χ2n) is 4.45. The molecule has 0 unspecified atom stereocenters. The number of anilines is 1. The van der Waals surface area contributed by atoms with Crippen LogP contribution in [-0.2, 0) is 7.05 Å². The summed E-state index contributed by atoms with van der Waals surface area (Å²) in [5, 5.41) is 10.8. The second kappa shape index (κ2) is 4.75. The zero-order chi connectivity index (χ0) is 12.4. The van der Waals surface area contributed by atoms with E-state index in [0.717, 1.165) is 13.1 Å². The third kappa shape index (κ3) is 2.76. The second-order valence-corrected chi connectivity index (χ2v) is 4.45. The number of nitrogens with zero attached hydrogens (tertiary/aromatic N) is 2. The molecule has 6 nitrogen and oxygen atoms in total. The molecule has 1 aliphatic carbocycles. The molecule has 0 radical (unpaired) electrons. The number of carbonyl (C=O) groups is 1. The molecule has 1 heterocycles. The smallest absolute Gasteiger partial charge is 0.254 e. The van der Waals surface area contributed by atoms with Gasteiger partial charge in [-0.1, -0.05) is 0 Å². The molecule has 1 saturated carbocycles. The van der Waals surface area contributed by atoms with Crippen LogP contribution in [0, 0.1) is 6.92 Å². The summed E-state index contributed by atoms with van der Waals surface area (Å²) in [5.41, 5.74) is 6.49. The van der Waals surface area contributed by atoms with E-state index >= 15 is 0 Å². The molecule has 1 aliphatic rings. The van der Waals surface area contributed by atoms with E-state index in [1.165, 1.54) is 12.8 Å². The van der Waals surface area contributed by atoms with Crippen molar-refractivity contribution in [2.24, 2.45) is 12.8 Å². The number of hydrogen-bond donors (Lipinski definition) is 3. The molecule has 1 amide bonds. The maximum atomic E-state index is 11.3. The first-order valence-corrected chi connectivity index (χ1v) is 5.90. The van der Waals surface area contributed by atoms with Crippen molar-refractivity contribution >= 4 is 11.7 Å². The maximum Gasteiger partial charge on any atom is 0.254 e. The fraction of sp³-hybridized carbons (Fsp3) is 0.636. The van der Waals surface area contributed by atoms with Gasteiger partial charge in [-0.3, -0.25) is 9.48 Å². The van der Waals surface area contributed by atoms with Crippen LogP contribution >= 0.6 is 0 Å². The van der Waals surface area contributed by atoms with Crippen LogP contribution in [0.3, 0.4) is 0 Å². The summed E-state index contributed by atoms with van der Waals surface area (Å²) in [6, 6.07) is 0.695. The Morgan fingerprint density at radius 1 is 1.53 bits per heavy atom. The van der Waals surface area contributed by atoms with E-state index in [9.17, 15) is 4.79 Å². The molecule has 2 rings (SSSR count). The van der Waals surface area contributed by atoms with E-state index < -0.39 is 5.91 Å². The van der Waals surface area contributed by atoms with Gasteiger partial charge in [-0.2, -0.15) is 5.10 Å². The first-order chi connectivity index (χ1) is 8.09. The van der Waals surface area contributed by atoms with E-state index in [0.29, 0.717) is 23.1 Å². The summed E-state index contributed by atoms with van der Waals surface area (Å²) >= 11 is 0. The minimum absolute atomic E-state index is 0.437. The number of aryl methyl sites for hydroxylation is 2. The zero-order valence-corrected chi connectivity index (χ0v) is 10.3. The molecule has 0 aliphatic heterocycles. The van der Waals surface area contributed by atoms with Gasteiger partial charge in [0.15, 0.2) is 0 Å². The lowest BCUT2D eigenvalue weighted by molar-refractivity contribution is 0.100. The Morgan fingerprint density at radius 3 is 2.82 bits per heavy atom. The molecule has 17 heavy (non-hydrogen) atoms. The lowest BCUT2D eigenvalue weighted by Gasteiger charge is -2.08. The van der Waals surface area contributed by atoms with Gasteiger partial charge in [-0.25, -0.2) is 0 Å². The highest BCUT2D eigenvalue weighted by Gasteiger charge is 2.20. The molecule has 0 saturated heterocycles. The number of aromatic nitrogens is 2. The number of nitrogens with two attached hydrogens (primary N) is 1. The number of carbonyl (C=O) groups excluding carboxylic acids is 1. The summed E-state index contributed by atoms with van der Waals surface area (Å²) in [4.78, 5) is 11.3. The molecule has 0 bridgehead atoms. The predicted octanol–water partition coefficient (Wildman–Crippen LogP) is -0.00868. The average Bonchev–Trinajstić information content (AvgIpc) is 3.00. The van der Waals surface area contributed by atoms with Gasteiger partial charge in [-0.05, 0) is 19.8 Å². The van der Waals surface area contributed by atoms with Crippen LogP contribution in [0.4, 0.5) is 5.82 Å². The Balaban J connectivity index is 1.95. The molecule has 0 aromatic carbocycles. The molecular weight excluding hydrogens is 218 g/mol. The van der Waals surface area contributed by atoms with E-state index in [2.05, 4.69) is 15.7 Å². The Bertz CT molecular complexity index is 422. The van der Waals surface area contributed by atoms with Gasteiger partial charge in [0.1, 0.15) is 11.4 Å². The Morgan fingerprint density at radius 2 is 2.24 bits per heavy atom. The van der Waals surface area contributed by atoms with Crippen LogP contribution in [0.5, 0.6) is 0 Å². The first-order valence-electron chi connectivity index (χ1n) is 5.90. The van der Waals surface area contributed by atoms with Crippen molar-refractivity contribution in [2.45, 2.75) is 25.8 Å². The molecule has 1 aromatic heterocycles. The predicted molar refractivity (Wildman–Crippen MR) is 66.0 cm³/mol.